The Bertz CT molecular complexity index is 204. The summed E-state index contributed by atoms with van der Waals surface area (Å²) in [6, 6.07) is 0. The van der Waals surface area contributed by atoms with Crippen LogP contribution in [0.5, 0.6) is 0 Å². The third kappa shape index (κ3) is 2.83. The van der Waals surface area contributed by atoms with Crippen molar-refractivity contribution in [1.82, 2.24) is 10.1 Å². The number of nitrogens with one attached hydrogen (secondary N) is 2. The fraction of sp³-hybridized carbons (Fsp3) is 0. The summed E-state index contributed by atoms with van der Waals surface area (Å²) in [5, 5.41) is 0. The van der Waals surface area contributed by atoms with E-state index in [9.17, 15) is 4.79 Å². The molecule has 1 rings (SSSR count). The van der Waals surface area contributed by atoms with Crippen LogP contribution in [0, 0.1) is 0 Å². The van der Waals surface area contributed by atoms with E-state index in [0.717, 1.165) is 0 Å². The molecule has 6 heteroatoms. The minimum absolute atomic E-state index is 0. The van der Waals surface area contributed by atoms with Crippen LogP contribution >= 0.6 is 24.4 Å². The SMILES string of the molecule is Cl.NNC(=O)C1=CC=CNS1. The van der Waals surface area contributed by atoms with Gasteiger partial charge in [-0.05, 0) is 24.1 Å². The van der Waals surface area contributed by atoms with Crippen molar-refractivity contribution in [1.29, 1.82) is 0 Å². The Morgan fingerprint density at radius 1 is 1.73 bits per heavy atom. The van der Waals surface area contributed by atoms with Gasteiger partial charge in [0.25, 0.3) is 5.91 Å². The van der Waals surface area contributed by atoms with Gasteiger partial charge >= 0.3 is 0 Å². The number of carbonyl (C=O) groups excluding carboxylic acids is 1. The molecule has 1 amide bonds. The van der Waals surface area contributed by atoms with Gasteiger partial charge in [0.05, 0.1) is 4.91 Å². The van der Waals surface area contributed by atoms with Crippen LogP contribution in [0.2, 0.25) is 0 Å². The van der Waals surface area contributed by atoms with Crippen molar-refractivity contribution >= 4 is 30.3 Å². The van der Waals surface area contributed by atoms with Gasteiger partial charge in [-0.15, -0.1) is 12.4 Å². The van der Waals surface area contributed by atoms with Crippen LogP contribution in [0.15, 0.2) is 23.3 Å². The molecule has 0 radical (unpaired) electrons. The number of hydrogen-bond donors (Lipinski definition) is 3. The number of halogens is 1. The lowest BCUT2D eigenvalue weighted by atomic mass is 10.4. The monoisotopic (exact) mass is 193 g/mol. The molecule has 0 fully saturated rings. The molecule has 0 aromatic carbocycles. The molecule has 0 atom stereocenters. The van der Waals surface area contributed by atoms with Crippen molar-refractivity contribution in [3.8, 4) is 0 Å². The lowest BCUT2D eigenvalue weighted by Gasteiger charge is -2.06. The van der Waals surface area contributed by atoms with Gasteiger partial charge in [-0.1, -0.05) is 0 Å². The Balaban J connectivity index is 0.000001000. The van der Waals surface area contributed by atoms with Crippen molar-refractivity contribution in [3.63, 3.8) is 0 Å². The Morgan fingerprint density at radius 3 is 2.91 bits per heavy atom. The topological polar surface area (TPSA) is 67.1 Å². The van der Waals surface area contributed by atoms with Crippen molar-refractivity contribution in [2.75, 3.05) is 0 Å². The second-order valence-corrected chi connectivity index (χ2v) is 2.46. The molecule has 0 saturated carbocycles. The Morgan fingerprint density at radius 2 is 2.45 bits per heavy atom. The maximum Gasteiger partial charge on any atom is 0.273 e. The highest BCUT2D eigenvalue weighted by molar-refractivity contribution is 8.02. The maximum atomic E-state index is 10.8. The van der Waals surface area contributed by atoms with Gasteiger partial charge in [0.1, 0.15) is 0 Å². The molecule has 0 saturated heterocycles. The molecule has 0 spiro atoms. The molecule has 1 heterocycles. The predicted molar refractivity (Wildman–Crippen MR) is 47.5 cm³/mol. The highest BCUT2D eigenvalue weighted by Crippen LogP contribution is 2.14. The molecule has 0 aromatic heterocycles. The summed E-state index contributed by atoms with van der Waals surface area (Å²) < 4.78 is 2.80. The van der Waals surface area contributed by atoms with E-state index in [1.165, 1.54) is 11.9 Å². The maximum absolute atomic E-state index is 10.8. The summed E-state index contributed by atoms with van der Waals surface area (Å²) in [7, 11) is 0. The predicted octanol–water partition coefficient (Wildman–Crippen LogP) is 0.0471. The zero-order valence-corrected chi connectivity index (χ0v) is 7.17. The standard InChI is InChI=1S/C5H7N3OS.ClH/c6-8-5(9)4-2-1-3-7-10-4;/h1-3,7H,6H2,(H,8,9);1H. The van der Waals surface area contributed by atoms with Crippen molar-refractivity contribution in [3.05, 3.63) is 23.3 Å². The first-order valence-corrected chi connectivity index (χ1v) is 3.46. The molecule has 4 nitrogen and oxygen atoms in total. The van der Waals surface area contributed by atoms with E-state index in [4.69, 9.17) is 5.84 Å². The van der Waals surface area contributed by atoms with Crippen LogP contribution in [-0.4, -0.2) is 5.91 Å². The summed E-state index contributed by atoms with van der Waals surface area (Å²) in [6.07, 6.45) is 5.16. The van der Waals surface area contributed by atoms with Crippen molar-refractivity contribution in [2.45, 2.75) is 0 Å². The van der Waals surface area contributed by atoms with Gasteiger partial charge in [0.15, 0.2) is 0 Å². The van der Waals surface area contributed by atoms with E-state index in [0.29, 0.717) is 4.91 Å². The van der Waals surface area contributed by atoms with E-state index in [2.05, 4.69) is 4.72 Å². The minimum Gasteiger partial charge on any atom is -0.332 e. The van der Waals surface area contributed by atoms with Gasteiger partial charge in [-0.25, -0.2) is 5.84 Å². The summed E-state index contributed by atoms with van der Waals surface area (Å²) >= 11 is 1.23. The molecule has 0 aromatic rings. The van der Waals surface area contributed by atoms with Crippen LogP contribution < -0.4 is 16.0 Å². The second-order valence-electron chi connectivity index (χ2n) is 1.58. The van der Waals surface area contributed by atoms with Crippen LogP contribution in [0.25, 0.3) is 0 Å². The first-order valence-electron chi connectivity index (χ1n) is 2.65. The quantitative estimate of drug-likeness (QED) is 0.238. The number of rotatable bonds is 1. The van der Waals surface area contributed by atoms with Crippen LogP contribution in [0.4, 0.5) is 0 Å². The summed E-state index contributed by atoms with van der Waals surface area (Å²) in [4.78, 5) is 11.3. The molecule has 1 aliphatic rings. The Hall–Kier alpha value is -0.650. The first-order chi connectivity index (χ1) is 4.84. The van der Waals surface area contributed by atoms with Gasteiger partial charge in [0, 0.05) is 6.20 Å². The Labute approximate surface area is 74.8 Å². The molecule has 4 N–H and O–H groups in total. The van der Waals surface area contributed by atoms with E-state index in [1.54, 1.807) is 18.4 Å². The lowest BCUT2D eigenvalue weighted by Crippen LogP contribution is -2.31. The summed E-state index contributed by atoms with van der Waals surface area (Å²) in [6.45, 7) is 0. The number of allylic oxidation sites excluding steroid dienone is 2. The van der Waals surface area contributed by atoms with E-state index in [1.807, 2.05) is 5.43 Å². The van der Waals surface area contributed by atoms with E-state index >= 15 is 0 Å². The number of hydrogen-bond acceptors (Lipinski definition) is 4. The van der Waals surface area contributed by atoms with Crippen molar-refractivity contribution < 1.29 is 4.79 Å². The lowest BCUT2D eigenvalue weighted by molar-refractivity contribution is -0.116. The third-order valence-electron chi connectivity index (χ3n) is 0.936. The Kier molecular flexibility index (Phi) is 4.76. The molecular weight excluding hydrogens is 186 g/mol. The summed E-state index contributed by atoms with van der Waals surface area (Å²) in [5.41, 5.74) is 2.03. The highest BCUT2D eigenvalue weighted by Gasteiger charge is 2.07. The zero-order chi connectivity index (χ0) is 7.40. The van der Waals surface area contributed by atoms with Gasteiger partial charge in [0.2, 0.25) is 0 Å². The smallest absolute Gasteiger partial charge is 0.273 e. The zero-order valence-electron chi connectivity index (χ0n) is 5.53. The molecule has 1 aliphatic heterocycles. The van der Waals surface area contributed by atoms with Crippen molar-refractivity contribution in [2.24, 2.45) is 5.84 Å². The highest BCUT2D eigenvalue weighted by atomic mass is 35.5. The van der Waals surface area contributed by atoms with Crippen LogP contribution in [0.3, 0.4) is 0 Å². The number of amides is 1. The molecule has 0 unspecified atom stereocenters. The van der Waals surface area contributed by atoms with Crippen LogP contribution in [0.1, 0.15) is 0 Å². The first kappa shape index (κ1) is 10.3. The van der Waals surface area contributed by atoms with Crippen LogP contribution in [-0.2, 0) is 4.79 Å². The minimum atomic E-state index is -0.276. The molecular formula is C5H8ClN3OS. The molecule has 0 bridgehead atoms. The molecule has 62 valence electrons. The summed E-state index contributed by atoms with van der Waals surface area (Å²) in [5.74, 6) is 4.62. The van der Waals surface area contributed by atoms with E-state index < -0.39 is 0 Å². The normalized spacial score (nSPS) is 14.1. The second kappa shape index (κ2) is 5.06. The third-order valence-corrected chi connectivity index (χ3v) is 1.73. The van der Waals surface area contributed by atoms with E-state index in [-0.39, 0.29) is 18.3 Å². The fourth-order valence-electron chi connectivity index (χ4n) is 0.499. The average Bonchev–Trinajstić information content (AvgIpc) is 2.05. The largest absolute Gasteiger partial charge is 0.332 e. The molecule has 0 aliphatic carbocycles. The fourth-order valence-corrected chi connectivity index (χ4v) is 1.07. The molecule has 11 heavy (non-hydrogen) atoms. The number of hydrazine groups is 1. The van der Waals surface area contributed by atoms with Gasteiger partial charge in [-0.3, -0.25) is 10.2 Å². The van der Waals surface area contributed by atoms with Gasteiger partial charge < -0.3 is 4.72 Å². The number of carbonyl (C=O) groups is 1. The average molecular weight is 194 g/mol. The van der Waals surface area contributed by atoms with Gasteiger partial charge in [-0.2, -0.15) is 0 Å². The number of nitrogens with two attached hydrogens (primary N) is 1.